The topological polar surface area (TPSA) is 67.1 Å². The van der Waals surface area contributed by atoms with Crippen molar-refractivity contribution >= 4 is 45.5 Å². The fraction of sp³-hybridized carbons (Fsp3) is 0.316. The van der Waals surface area contributed by atoms with Crippen LogP contribution in [0.15, 0.2) is 41.9 Å². The summed E-state index contributed by atoms with van der Waals surface area (Å²) >= 11 is 7.43. The second-order valence-corrected chi connectivity index (χ2v) is 7.73. The molecule has 1 atom stereocenters. The van der Waals surface area contributed by atoms with Crippen LogP contribution in [-0.4, -0.2) is 58.4 Å². The first-order valence-corrected chi connectivity index (χ1v) is 10.2. The zero-order chi connectivity index (χ0) is 19.7. The summed E-state index contributed by atoms with van der Waals surface area (Å²) in [5.74, 6) is -0.858. The molecular formula is C19H19ClN4O3S. The van der Waals surface area contributed by atoms with E-state index >= 15 is 0 Å². The van der Waals surface area contributed by atoms with E-state index in [0.29, 0.717) is 18.1 Å². The summed E-state index contributed by atoms with van der Waals surface area (Å²) in [6, 6.07) is 10.1. The van der Waals surface area contributed by atoms with E-state index in [-0.39, 0.29) is 16.8 Å². The normalized spacial score (nSPS) is 15.6. The molecule has 0 unspecified atom stereocenters. The van der Waals surface area contributed by atoms with Gasteiger partial charge in [0.1, 0.15) is 0 Å². The van der Waals surface area contributed by atoms with Gasteiger partial charge in [-0.15, -0.1) is 11.3 Å². The predicted octanol–water partition coefficient (Wildman–Crippen LogP) is 2.94. The monoisotopic (exact) mass is 418 g/mol. The molecule has 0 N–H and O–H groups in total. The highest BCUT2D eigenvalue weighted by Crippen LogP contribution is 2.23. The average molecular weight is 419 g/mol. The Bertz CT molecular complexity index is 995. The number of aromatic nitrogens is 2. The van der Waals surface area contributed by atoms with Gasteiger partial charge in [0, 0.05) is 43.4 Å². The lowest BCUT2D eigenvalue weighted by Crippen LogP contribution is -2.51. The van der Waals surface area contributed by atoms with Crippen LogP contribution in [0.3, 0.4) is 0 Å². The Morgan fingerprint density at radius 1 is 1.18 bits per heavy atom. The molecule has 0 aliphatic carbocycles. The van der Waals surface area contributed by atoms with Crippen molar-refractivity contribution < 1.29 is 14.3 Å². The van der Waals surface area contributed by atoms with E-state index in [2.05, 4.69) is 22.0 Å². The van der Waals surface area contributed by atoms with Crippen molar-refractivity contribution in [2.75, 3.05) is 31.1 Å². The van der Waals surface area contributed by atoms with Gasteiger partial charge in [0.05, 0.1) is 0 Å². The molecule has 1 aromatic carbocycles. The summed E-state index contributed by atoms with van der Waals surface area (Å²) in [7, 11) is 0. The molecule has 9 heteroatoms. The molecule has 2 aromatic heterocycles. The molecule has 1 aliphatic rings. The number of piperazine rings is 1. The number of carbonyl (C=O) groups is 2. The number of carbonyl (C=O) groups excluding carboxylic acids is 2. The van der Waals surface area contributed by atoms with Crippen LogP contribution in [0.2, 0.25) is 5.15 Å². The van der Waals surface area contributed by atoms with Gasteiger partial charge in [-0.3, -0.25) is 9.20 Å². The molecule has 0 spiro atoms. The number of hydrogen-bond donors (Lipinski definition) is 0. The third-order valence-electron chi connectivity index (χ3n) is 4.76. The van der Waals surface area contributed by atoms with Crippen molar-refractivity contribution in [3.63, 3.8) is 0 Å². The predicted molar refractivity (Wildman–Crippen MR) is 108 cm³/mol. The van der Waals surface area contributed by atoms with Gasteiger partial charge in [-0.25, -0.2) is 9.78 Å². The fourth-order valence-corrected chi connectivity index (χ4v) is 4.30. The SMILES string of the molecule is C[C@H](OC(=O)c1c(Cl)nc2sccn12)C(=O)N1CCN(c2ccccc2)CC1. The number of hydrogen-bond acceptors (Lipinski definition) is 6. The van der Waals surface area contributed by atoms with E-state index in [9.17, 15) is 9.59 Å². The highest BCUT2D eigenvalue weighted by molar-refractivity contribution is 7.15. The first-order chi connectivity index (χ1) is 13.5. The Kier molecular flexibility index (Phi) is 5.23. The second-order valence-electron chi connectivity index (χ2n) is 6.50. The summed E-state index contributed by atoms with van der Waals surface area (Å²) in [4.78, 5) is 33.9. The van der Waals surface area contributed by atoms with Crippen LogP contribution in [0.25, 0.3) is 4.96 Å². The van der Waals surface area contributed by atoms with Crippen molar-refractivity contribution in [1.29, 1.82) is 0 Å². The van der Waals surface area contributed by atoms with Crippen molar-refractivity contribution in [1.82, 2.24) is 14.3 Å². The van der Waals surface area contributed by atoms with Crippen LogP contribution in [0, 0.1) is 0 Å². The van der Waals surface area contributed by atoms with E-state index < -0.39 is 12.1 Å². The number of para-hydroxylation sites is 1. The van der Waals surface area contributed by atoms with Gasteiger partial charge >= 0.3 is 5.97 Å². The summed E-state index contributed by atoms with van der Waals surface area (Å²) in [5, 5.41) is 1.88. The summed E-state index contributed by atoms with van der Waals surface area (Å²) in [6.07, 6.45) is 0.807. The zero-order valence-corrected chi connectivity index (χ0v) is 16.8. The van der Waals surface area contributed by atoms with Crippen LogP contribution in [0.4, 0.5) is 5.69 Å². The second kappa shape index (κ2) is 7.81. The molecule has 0 bridgehead atoms. The lowest BCUT2D eigenvalue weighted by Gasteiger charge is -2.37. The Morgan fingerprint density at radius 2 is 1.89 bits per heavy atom. The molecule has 7 nitrogen and oxygen atoms in total. The van der Waals surface area contributed by atoms with Crippen molar-refractivity contribution in [3.8, 4) is 0 Å². The number of thiazole rings is 1. The van der Waals surface area contributed by atoms with E-state index in [1.807, 2.05) is 18.2 Å². The number of rotatable bonds is 4. The Morgan fingerprint density at radius 3 is 2.61 bits per heavy atom. The summed E-state index contributed by atoms with van der Waals surface area (Å²) in [6.45, 7) is 4.22. The number of esters is 1. The van der Waals surface area contributed by atoms with Crippen LogP contribution < -0.4 is 4.90 Å². The Balaban J connectivity index is 1.37. The summed E-state index contributed by atoms with van der Waals surface area (Å²) in [5.41, 5.74) is 1.29. The standard InChI is InChI=1S/C19H19ClN4O3S/c1-13(27-18(26)15-16(20)21-19-24(15)11-12-28-19)17(25)23-9-7-22(8-10-23)14-5-3-2-4-6-14/h2-6,11-13H,7-10H2,1H3/t13-/m0/s1. The van der Waals surface area contributed by atoms with Gasteiger partial charge in [-0.05, 0) is 19.1 Å². The fourth-order valence-electron chi connectivity index (χ4n) is 3.29. The maximum absolute atomic E-state index is 12.7. The van der Waals surface area contributed by atoms with Gasteiger partial charge in [0.25, 0.3) is 5.91 Å². The molecule has 0 saturated carbocycles. The average Bonchev–Trinajstić information content (AvgIpc) is 3.28. The van der Waals surface area contributed by atoms with Crippen molar-refractivity contribution in [3.05, 3.63) is 52.8 Å². The van der Waals surface area contributed by atoms with Crippen LogP contribution in [0.5, 0.6) is 0 Å². The van der Waals surface area contributed by atoms with E-state index in [4.69, 9.17) is 16.3 Å². The first kappa shape index (κ1) is 18.8. The van der Waals surface area contributed by atoms with E-state index in [0.717, 1.165) is 18.8 Å². The first-order valence-electron chi connectivity index (χ1n) is 8.95. The number of halogens is 1. The smallest absolute Gasteiger partial charge is 0.359 e. The van der Waals surface area contributed by atoms with Gasteiger partial charge in [-0.1, -0.05) is 29.8 Å². The zero-order valence-electron chi connectivity index (χ0n) is 15.2. The maximum atomic E-state index is 12.7. The molecule has 4 rings (SSSR count). The highest BCUT2D eigenvalue weighted by atomic mass is 35.5. The Labute approximate surface area is 171 Å². The third kappa shape index (κ3) is 3.57. The maximum Gasteiger partial charge on any atom is 0.359 e. The van der Waals surface area contributed by atoms with Crippen LogP contribution in [0.1, 0.15) is 17.4 Å². The van der Waals surface area contributed by atoms with Crippen molar-refractivity contribution in [2.24, 2.45) is 0 Å². The van der Waals surface area contributed by atoms with E-state index in [1.54, 1.807) is 27.8 Å². The van der Waals surface area contributed by atoms with Crippen molar-refractivity contribution in [2.45, 2.75) is 13.0 Å². The molecule has 1 amide bonds. The minimum Gasteiger partial charge on any atom is -0.448 e. The number of nitrogens with zero attached hydrogens (tertiary/aromatic N) is 4. The number of benzene rings is 1. The summed E-state index contributed by atoms with van der Waals surface area (Å²) < 4.78 is 6.97. The van der Waals surface area contributed by atoms with Gasteiger partial charge in [-0.2, -0.15) is 0 Å². The van der Waals surface area contributed by atoms with Crippen LogP contribution in [-0.2, 0) is 9.53 Å². The van der Waals surface area contributed by atoms with Gasteiger partial charge in [0.15, 0.2) is 21.9 Å². The molecule has 3 aromatic rings. The number of imidazole rings is 1. The number of ether oxygens (including phenoxy) is 1. The van der Waals surface area contributed by atoms with Gasteiger partial charge in [0.2, 0.25) is 0 Å². The minimum absolute atomic E-state index is 0.0768. The van der Waals surface area contributed by atoms with Crippen LogP contribution >= 0.6 is 22.9 Å². The minimum atomic E-state index is -0.893. The molecule has 1 saturated heterocycles. The highest BCUT2D eigenvalue weighted by Gasteiger charge is 2.29. The molecule has 146 valence electrons. The molecule has 1 aliphatic heterocycles. The third-order valence-corrected chi connectivity index (χ3v) is 5.78. The number of amides is 1. The molecule has 28 heavy (non-hydrogen) atoms. The number of anilines is 1. The lowest BCUT2D eigenvalue weighted by molar-refractivity contribution is -0.140. The lowest BCUT2D eigenvalue weighted by atomic mass is 10.2. The molecule has 0 radical (unpaired) electrons. The molecular weight excluding hydrogens is 400 g/mol. The van der Waals surface area contributed by atoms with Gasteiger partial charge < -0.3 is 14.5 Å². The Hall–Kier alpha value is -2.58. The molecule has 1 fully saturated rings. The van der Waals surface area contributed by atoms with E-state index in [1.165, 1.54) is 11.3 Å². The largest absolute Gasteiger partial charge is 0.448 e. The quantitative estimate of drug-likeness (QED) is 0.609. The number of fused-ring (bicyclic) bond motifs is 1. The molecule has 3 heterocycles.